The van der Waals surface area contributed by atoms with Gasteiger partial charge in [-0.1, -0.05) is 34.7 Å². The number of nitrogens with zero attached hydrogens (tertiary/aromatic N) is 2. The maximum Gasteiger partial charge on any atom is 0.335 e. The summed E-state index contributed by atoms with van der Waals surface area (Å²) in [6.45, 7) is 0. The van der Waals surface area contributed by atoms with Gasteiger partial charge >= 0.3 is 5.97 Å². The van der Waals surface area contributed by atoms with Crippen LogP contribution in [0.25, 0.3) is 0 Å². The SMILES string of the molecule is O=C(O)c1ccc(Sc2nncs2)c(Cl)c1. The highest BCUT2D eigenvalue weighted by Gasteiger charge is 2.09. The van der Waals surface area contributed by atoms with Crippen LogP contribution in [0.15, 0.2) is 32.9 Å². The summed E-state index contributed by atoms with van der Waals surface area (Å²) in [5.41, 5.74) is 1.80. The number of halogens is 1. The summed E-state index contributed by atoms with van der Waals surface area (Å²) < 4.78 is 0.768. The fraction of sp³-hybridized carbons (Fsp3) is 0. The summed E-state index contributed by atoms with van der Waals surface area (Å²) in [6, 6.07) is 4.60. The van der Waals surface area contributed by atoms with Gasteiger partial charge in [0, 0.05) is 4.90 Å². The summed E-state index contributed by atoms with van der Waals surface area (Å²) in [4.78, 5) is 11.5. The minimum Gasteiger partial charge on any atom is -0.478 e. The molecule has 0 bridgehead atoms. The molecule has 0 aliphatic rings. The van der Waals surface area contributed by atoms with Gasteiger partial charge in [-0.3, -0.25) is 0 Å². The Kier molecular flexibility index (Phi) is 3.42. The van der Waals surface area contributed by atoms with Gasteiger partial charge in [-0.2, -0.15) is 0 Å². The average Bonchev–Trinajstić information content (AvgIpc) is 2.73. The van der Waals surface area contributed by atoms with Crippen molar-refractivity contribution in [2.45, 2.75) is 9.24 Å². The molecule has 0 fully saturated rings. The van der Waals surface area contributed by atoms with Crippen LogP contribution in [0, 0.1) is 0 Å². The number of aromatic carboxylic acids is 1. The number of hydrogen-bond acceptors (Lipinski definition) is 5. The van der Waals surface area contributed by atoms with Crippen molar-refractivity contribution in [3.8, 4) is 0 Å². The molecule has 7 heteroatoms. The van der Waals surface area contributed by atoms with Crippen molar-refractivity contribution >= 4 is 40.7 Å². The predicted molar refractivity (Wildman–Crippen MR) is 62.4 cm³/mol. The van der Waals surface area contributed by atoms with E-state index < -0.39 is 5.97 Å². The molecule has 1 aromatic carbocycles. The van der Waals surface area contributed by atoms with Crippen LogP contribution in [0.2, 0.25) is 5.02 Å². The Balaban J connectivity index is 2.26. The van der Waals surface area contributed by atoms with Gasteiger partial charge in [0.1, 0.15) is 5.51 Å². The van der Waals surface area contributed by atoms with E-state index in [0.717, 1.165) is 9.24 Å². The Morgan fingerprint density at radius 1 is 1.50 bits per heavy atom. The van der Waals surface area contributed by atoms with Crippen molar-refractivity contribution in [2.75, 3.05) is 0 Å². The Morgan fingerprint density at radius 3 is 2.88 bits per heavy atom. The number of hydrogen-bond donors (Lipinski definition) is 1. The molecule has 0 spiro atoms. The number of carboxylic acid groups (broad SMARTS) is 1. The first-order valence-corrected chi connectivity index (χ1v) is 6.21. The largest absolute Gasteiger partial charge is 0.478 e. The van der Waals surface area contributed by atoms with Gasteiger partial charge in [0.25, 0.3) is 0 Å². The second kappa shape index (κ2) is 4.82. The van der Waals surface area contributed by atoms with Gasteiger partial charge in [0.05, 0.1) is 10.6 Å². The average molecular weight is 273 g/mol. The monoisotopic (exact) mass is 272 g/mol. The summed E-state index contributed by atoms with van der Waals surface area (Å²) in [6.07, 6.45) is 0. The molecular formula is C9H5ClN2O2S2. The number of rotatable bonds is 3. The molecule has 2 aromatic rings. The molecule has 0 radical (unpaired) electrons. The molecule has 4 nitrogen and oxygen atoms in total. The molecule has 0 saturated carbocycles. The lowest BCUT2D eigenvalue weighted by atomic mass is 10.2. The standard InChI is InChI=1S/C9H5ClN2O2S2/c10-6-3-5(8(13)14)1-2-7(6)16-9-12-11-4-15-9/h1-4H,(H,13,14). The second-order valence-corrected chi connectivity index (χ2v) is 5.29. The fourth-order valence-corrected chi connectivity index (χ4v) is 2.75. The minimum absolute atomic E-state index is 0.173. The molecular weight excluding hydrogens is 268 g/mol. The topological polar surface area (TPSA) is 63.1 Å². The van der Waals surface area contributed by atoms with Crippen LogP contribution >= 0.6 is 34.7 Å². The number of aromatic nitrogens is 2. The number of carboxylic acids is 1. The van der Waals surface area contributed by atoms with Crippen LogP contribution in [0.3, 0.4) is 0 Å². The first-order chi connectivity index (χ1) is 7.66. The zero-order valence-electron chi connectivity index (χ0n) is 7.75. The van der Waals surface area contributed by atoms with Crippen LogP contribution in [0.1, 0.15) is 10.4 Å². The van der Waals surface area contributed by atoms with Crippen molar-refractivity contribution in [1.29, 1.82) is 0 Å². The fourth-order valence-electron chi connectivity index (χ4n) is 1.02. The van der Waals surface area contributed by atoms with Crippen LogP contribution in [-0.2, 0) is 0 Å². The van der Waals surface area contributed by atoms with Crippen molar-refractivity contribution in [1.82, 2.24) is 10.2 Å². The number of carbonyl (C=O) groups is 1. The van der Waals surface area contributed by atoms with Gasteiger partial charge < -0.3 is 5.11 Å². The highest BCUT2D eigenvalue weighted by Crippen LogP contribution is 2.34. The third-order valence-corrected chi connectivity index (χ3v) is 3.99. The predicted octanol–water partition coefficient (Wildman–Crippen LogP) is 3.04. The zero-order valence-corrected chi connectivity index (χ0v) is 10.1. The maximum atomic E-state index is 10.7. The van der Waals surface area contributed by atoms with E-state index in [4.69, 9.17) is 16.7 Å². The smallest absolute Gasteiger partial charge is 0.335 e. The molecule has 2 rings (SSSR count). The van der Waals surface area contributed by atoms with E-state index in [1.165, 1.54) is 35.2 Å². The normalized spacial score (nSPS) is 10.3. The van der Waals surface area contributed by atoms with E-state index in [1.54, 1.807) is 11.6 Å². The van der Waals surface area contributed by atoms with E-state index >= 15 is 0 Å². The third kappa shape index (κ3) is 2.52. The summed E-state index contributed by atoms with van der Waals surface area (Å²) in [7, 11) is 0. The highest BCUT2D eigenvalue weighted by molar-refractivity contribution is 8.01. The van der Waals surface area contributed by atoms with Gasteiger partial charge in [-0.25, -0.2) is 4.79 Å². The van der Waals surface area contributed by atoms with Gasteiger partial charge in [-0.05, 0) is 18.2 Å². The van der Waals surface area contributed by atoms with Gasteiger partial charge in [-0.15, -0.1) is 10.2 Å². The quantitative estimate of drug-likeness (QED) is 0.930. The maximum absolute atomic E-state index is 10.7. The Labute approximate surface area is 104 Å². The van der Waals surface area contributed by atoms with Crippen LogP contribution in [0.4, 0.5) is 0 Å². The minimum atomic E-state index is -0.991. The molecule has 0 unspecified atom stereocenters. The molecule has 82 valence electrons. The first kappa shape index (κ1) is 11.4. The molecule has 1 heterocycles. The van der Waals surface area contributed by atoms with Crippen LogP contribution in [-0.4, -0.2) is 21.3 Å². The van der Waals surface area contributed by atoms with Gasteiger partial charge in [0.15, 0.2) is 4.34 Å². The second-order valence-electron chi connectivity index (χ2n) is 2.76. The Bertz CT molecular complexity index is 516. The summed E-state index contributed by atoms with van der Waals surface area (Å²) in [5.74, 6) is -0.991. The molecule has 0 aliphatic heterocycles. The molecule has 0 amide bonds. The lowest BCUT2D eigenvalue weighted by Crippen LogP contribution is -1.95. The van der Waals surface area contributed by atoms with E-state index in [2.05, 4.69) is 10.2 Å². The molecule has 0 saturated heterocycles. The van der Waals surface area contributed by atoms with E-state index in [0.29, 0.717) is 5.02 Å². The van der Waals surface area contributed by atoms with Crippen LogP contribution in [0.5, 0.6) is 0 Å². The van der Waals surface area contributed by atoms with E-state index in [1.807, 2.05) is 0 Å². The molecule has 16 heavy (non-hydrogen) atoms. The van der Waals surface area contributed by atoms with Crippen molar-refractivity contribution < 1.29 is 9.90 Å². The summed E-state index contributed by atoms with van der Waals surface area (Å²) in [5, 5.41) is 16.7. The lowest BCUT2D eigenvalue weighted by Gasteiger charge is -2.01. The highest BCUT2D eigenvalue weighted by atomic mass is 35.5. The molecule has 1 N–H and O–H groups in total. The first-order valence-electron chi connectivity index (χ1n) is 4.13. The van der Waals surface area contributed by atoms with E-state index in [9.17, 15) is 4.79 Å². The van der Waals surface area contributed by atoms with Crippen molar-refractivity contribution in [3.05, 3.63) is 34.3 Å². The molecule has 0 atom stereocenters. The Morgan fingerprint density at radius 2 is 2.31 bits per heavy atom. The van der Waals surface area contributed by atoms with E-state index in [-0.39, 0.29) is 5.56 Å². The van der Waals surface area contributed by atoms with Crippen molar-refractivity contribution in [3.63, 3.8) is 0 Å². The molecule has 0 aliphatic carbocycles. The zero-order chi connectivity index (χ0) is 11.5. The number of benzene rings is 1. The Hall–Kier alpha value is -1.11. The lowest BCUT2D eigenvalue weighted by molar-refractivity contribution is 0.0697. The van der Waals surface area contributed by atoms with Crippen molar-refractivity contribution in [2.24, 2.45) is 0 Å². The molecule has 1 aromatic heterocycles. The third-order valence-electron chi connectivity index (χ3n) is 1.72. The van der Waals surface area contributed by atoms with Crippen LogP contribution < -0.4 is 0 Å². The summed E-state index contributed by atoms with van der Waals surface area (Å²) >= 11 is 8.73. The van der Waals surface area contributed by atoms with Gasteiger partial charge in [0.2, 0.25) is 0 Å².